The average molecular weight is 569 g/mol. The van der Waals surface area contributed by atoms with Gasteiger partial charge < -0.3 is 19.5 Å². The Bertz CT molecular complexity index is 1510. The van der Waals surface area contributed by atoms with Crippen LogP contribution in [-0.4, -0.2) is 39.1 Å². The molecule has 5 rings (SSSR count). The number of carboxylic acids is 1. The highest BCUT2D eigenvalue weighted by Gasteiger charge is 2.30. The van der Waals surface area contributed by atoms with Crippen LogP contribution in [0.5, 0.6) is 17.4 Å². The van der Waals surface area contributed by atoms with Gasteiger partial charge in [-0.1, -0.05) is 12.1 Å². The van der Waals surface area contributed by atoms with E-state index in [1.54, 1.807) is 36.5 Å². The summed E-state index contributed by atoms with van der Waals surface area (Å²) in [5, 5.41) is 9.24. The highest BCUT2D eigenvalue weighted by Crippen LogP contribution is 2.33. The second-order valence-electron chi connectivity index (χ2n) is 9.40. The molecule has 2 aromatic heterocycles. The predicted molar refractivity (Wildman–Crippen MR) is 140 cm³/mol. The molecular weight excluding hydrogens is 544 g/mol. The third-order valence-electron chi connectivity index (χ3n) is 6.59. The third kappa shape index (κ3) is 6.89. The topological polar surface area (TPSA) is 97.7 Å². The fraction of sp³-hybridized carbons (Fsp3) is 0.241. The van der Waals surface area contributed by atoms with E-state index < -0.39 is 23.5 Å². The maximum atomic E-state index is 14.2. The number of halogens is 4. The van der Waals surface area contributed by atoms with Gasteiger partial charge in [-0.25, -0.2) is 19.3 Å². The third-order valence-corrected chi connectivity index (χ3v) is 6.59. The summed E-state index contributed by atoms with van der Waals surface area (Å²) in [6.07, 6.45) is -1.22. The number of piperidine rings is 1. The lowest BCUT2D eigenvalue weighted by molar-refractivity contribution is -0.142. The molecule has 8 nitrogen and oxygen atoms in total. The normalized spacial score (nSPS) is 14.1. The van der Waals surface area contributed by atoms with E-state index in [-0.39, 0.29) is 18.4 Å². The number of aliphatic carboxylic acids is 1. The van der Waals surface area contributed by atoms with Crippen molar-refractivity contribution in [3.63, 3.8) is 0 Å². The van der Waals surface area contributed by atoms with Gasteiger partial charge in [0.05, 0.1) is 17.2 Å². The Morgan fingerprint density at radius 2 is 1.76 bits per heavy atom. The lowest BCUT2D eigenvalue weighted by Crippen LogP contribution is -2.37. The van der Waals surface area contributed by atoms with Crippen LogP contribution in [0.1, 0.15) is 24.0 Å². The van der Waals surface area contributed by atoms with E-state index in [1.807, 2.05) is 4.90 Å². The van der Waals surface area contributed by atoms with E-state index in [0.717, 1.165) is 17.7 Å². The smallest absolute Gasteiger partial charge is 0.417 e. The molecule has 0 unspecified atom stereocenters. The molecule has 41 heavy (non-hydrogen) atoms. The Morgan fingerprint density at radius 1 is 1.00 bits per heavy atom. The van der Waals surface area contributed by atoms with Gasteiger partial charge >= 0.3 is 12.1 Å². The molecule has 0 saturated carbocycles. The molecule has 0 amide bonds. The van der Waals surface area contributed by atoms with Crippen LogP contribution in [0.2, 0.25) is 0 Å². The van der Waals surface area contributed by atoms with Gasteiger partial charge in [-0.2, -0.15) is 13.2 Å². The van der Waals surface area contributed by atoms with Crippen LogP contribution in [0.25, 0.3) is 11.3 Å². The van der Waals surface area contributed by atoms with Crippen LogP contribution < -0.4 is 14.4 Å². The Morgan fingerprint density at radius 3 is 2.41 bits per heavy atom. The van der Waals surface area contributed by atoms with E-state index in [2.05, 4.69) is 15.0 Å². The summed E-state index contributed by atoms with van der Waals surface area (Å²) in [4.78, 5) is 25.8. The maximum Gasteiger partial charge on any atom is 0.417 e. The first-order valence-corrected chi connectivity index (χ1v) is 12.7. The molecular formula is C29H24F4N4O4. The van der Waals surface area contributed by atoms with Crippen molar-refractivity contribution in [1.82, 2.24) is 15.0 Å². The summed E-state index contributed by atoms with van der Waals surface area (Å²) in [6.45, 7) is 1.14. The van der Waals surface area contributed by atoms with Crippen molar-refractivity contribution < 1.29 is 36.9 Å². The zero-order valence-electron chi connectivity index (χ0n) is 21.5. The Labute approximate surface area is 232 Å². The van der Waals surface area contributed by atoms with E-state index >= 15 is 0 Å². The van der Waals surface area contributed by atoms with E-state index in [4.69, 9.17) is 9.47 Å². The van der Waals surface area contributed by atoms with Gasteiger partial charge in [-0.3, -0.25) is 4.79 Å². The highest BCUT2D eigenvalue weighted by molar-refractivity contribution is 5.70. The van der Waals surface area contributed by atoms with Gasteiger partial charge in [-0.15, -0.1) is 0 Å². The molecule has 4 aromatic rings. The SMILES string of the molecule is O=C(O)C1CCN(c2nccc(-c3cc(F)ccc3OCc3ccc(Oc4ccc(C(F)(F)F)cn4)cc3)n2)CC1. The predicted octanol–water partition coefficient (Wildman–Crippen LogP) is 6.37. The van der Waals surface area contributed by atoms with Gasteiger partial charge in [0, 0.05) is 37.1 Å². The summed E-state index contributed by atoms with van der Waals surface area (Å²) >= 11 is 0. The Hall–Kier alpha value is -4.74. The number of rotatable bonds is 8. The molecule has 212 valence electrons. The molecule has 1 N–H and O–H groups in total. The standard InChI is InChI=1S/C29H24F4N4O4/c30-21-4-7-25(23(15-21)24-9-12-34-28(36-24)37-13-10-19(11-14-37)27(38)39)40-17-18-1-5-22(6-2-18)41-26-8-3-20(16-35-26)29(31,32)33/h1-9,12,15-16,19H,10-11,13-14,17H2,(H,38,39). The van der Waals surface area contributed by atoms with Crippen molar-refractivity contribution in [2.75, 3.05) is 18.0 Å². The van der Waals surface area contributed by atoms with Crippen molar-refractivity contribution in [3.05, 3.63) is 90.0 Å². The highest BCUT2D eigenvalue weighted by atomic mass is 19.4. The van der Waals surface area contributed by atoms with Crippen LogP contribution >= 0.6 is 0 Å². The minimum atomic E-state index is -4.48. The second-order valence-corrected chi connectivity index (χ2v) is 9.40. The van der Waals surface area contributed by atoms with Crippen molar-refractivity contribution in [1.29, 1.82) is 0 Å². The molecule has 1 aliphatic heterocycles. The van der Waals surface area contributed by atoms with Gasteiger partial charge in [0.15, 0.2) is 0 Å². The van der Waals surface area contributed by atoms with Crippen LogP contribution in [-0.2, 0) is 17.6 Å². The number of aromatic nitrogens is 3. The number of anilines is 1. The molecule has 1 aliphatic rings. The first-order valence-electron chi connectivity index (χ1n) is 12.7. The molecule has 0 radical (unpaired) electrons. The number of hydrogen-bond donors (Lipinski definition) is 1. The fourth-order valence-electron chi connectivity index (χ4n) is 4.35. The van der Waals surface area contributed by atoms with E-state index in [9.17, 15) is 27.5 Å². The summed E-state index contributed by atoms with van der Waals surface area (Å²) in [6, 6.07) is 14.5. The molecule has 0 bridgehead atoms. The maximum absolute atomic E-state index is 14.2. The summed E-state index contributed by atoms with van der Waals surface area (Å²) < 4.78 is 63.9. The minimum absolute atomic E-state index is 0.0217. The average Bonchev–Trinajstić information content (AvgIpc) is 2.97. The van der Waals surface area contributed by atoms with Gasteiger partial charge in [-0.05, 0) is 60.9 Å². The first-order chi connectivity index (χ1) is 19.7. The van der Waals surface area contributed by atoms with E-state index in [1.165, 1.54) is 18.2 Å². The van der Waals surface area contributed by atoms with Crippen LogP contribution in [0.4, 0.5) is 23.5 Å². The molecule has 12 heteroatoms. The van der Waals surface area contributed by atoms with Crippen molar-refractivity contribution in [3.8, 4) is 28.6 Å². The van der Waals surface area contributed by atoms with E-state index in [0.29, 0.717) is 60.8 Å². The molecule has 1 fully saturated rings. The minimum Gasteiger partial charge on any atom is -0.488 e. The number of ether oxygens (including phenoxy) is 2. The molecule has 2 aromatic carbocycles. The molecule has 0 spiro atoms. The molecule has 1 saturated heterocycles. The van der Waals surface area contributed by atoms with Gasteiger partial charge in [0.25, 0.3) is 0 Å². The van der Waals surface area contributed by atoms with Crippen LogP contribution in [0.15, 0.2) is 73.1 Å². The molecule has 0 aliphatic carbocycles. The van der Waals surface area contributed by atoms with Crippen molar-refractivity contribution in [2.24, 2.45) is 5.92 Å². The number of alkyl halides is 3. The van der Waals surface area contributed by atoms with Gasteiger partial charge in [0.1, 0.15) is 23.9 Å². The first kappa shape index (κ1) is 27.8. The molecule has 3 heterocycles. The second kappa shape index (κ2) is 11.8. The summed E-state index contributed by atoms with van der Waals surface area (Å²) in [7, 11) is 0. The monoisotopic (exact) mass is 568 g/mol. The quantitative estimate of drug-likeness (QED) is 0.245. The zero-order chi connectivity index (χ0) is 29.0. The number of carboxylic acid groups (broad SMARTS) is 1. The fourth-order valence-corrected chi connectivity index (χ4v) is 4.35. The van der Waals surface area contributed by atoms with Crippen LogP contribution in [0.3, 0.4) is 0 Å². The number of benzene rings is 2. The van der Waals surface area contributed by atoms with Crippen LogP contribution in [0, 0.1) is 11.7 Å². The summed E-state index contributed by atoms with van der Waals surface area (Å²) in [5.74, 6) is -0.431. The largest absolute Gasteiger partial charge is 0.488 e. The molecule has 0 atom stereocenters. The van der Waals surface area contributed by atoms with Gasteiger partial charge in [0.2, 0.25) is 11.8 Å². The summed E-state index contributed by atoms with van der Waals surface area (Å²) in [5.41, 5.74) is 0.786. The Balaban J connectivity index is 1.25. The number of carbonyl (C=O) groups is 1. The number of pyridine rings is 1. The van der Waals surface area contributed by atoms with Crippen molar-refractivity contribution in [2.45, 2.75) is 25.6 Å². The number of nitrogens with zero attached hydrogens (tertiary/aromatic N) is 4. The Kier molecular flexibility index (Phi) is 7.99. The lowest BCUT2D eigenvalue weighted by atomic mass is 9.97. The lowest BCUT2D eigenvalue weighted by Gasteiger charge is -2.30. The number of hydrogen-bond acceptors (Lipinski definition) is 7. The zero-order valence-corrected chi connectivity index (χ0v) is 21.5. The van der Waals surface area contributed by atoms with Crippen molar-refractivity contribution >= 4 is 11.9 Å².